The first-order chi connectivity index (χ1) is 9.99. The average Bonchev–Trinajstić information content (AvgIpc) is 2.90. The van der Waals surface area contributed by atoms with Crippen LogP contribution in [0.3, 0.4) is 0 Å². The number of carbonyl (C=O) groups is 1. The molecular weight excluding hydrogens is 322 g/mol. The fraction of sp³-hybridized carbons (Fsp3) is 0.333. The quantitative estimate of drug-likeness (QED) is 0.874. The predicted octanol–water partition coefficient (Wildman–Crippen LogP) is 3.37. The van der Waals surface area contributed by atoms with Crippen LogP contribution in [0.2, 0.25) is 0 Å². The van der Waals surface area contributed by atoms with Gasteiger partial charge in [0.2, 0.25) is 0 Å². The molecule has 0 aliphatic heterocycles. The summed E-state index contributed by atoms with van der Waals surface area (Å²) in [4.78, 5) is 16.2. The number of aromatic nitrogens is 1. The summed E-state index contributed by atoms with van der Waals surface area (Å²) in [7, 11) is 0. The topological polar surface area (TPSA) is 77.2 Å². The summed E-state index contributed by atoms with van der Waals surface area (Å²) in [5.41, 5.74) is 7.58. The lowest BCUT2D eigenvalue weighted by atomic mass is 10.2. The molecule has 7 heteroatoms. The van der Waals surface area contributed by atoms with Crippen LogP contribution in [0.4, 0.5) is 5.69 Å². The van der Waals surface area contributed by atoms with E-state index in [1.807, 2.05) is 39.0 Å². The van der Waals surface area contributed by atoms with Gasteiger partial charge in [0, 0.05) is 17.6 Å². The second kappa shape index (κ2) is 8.12. The maximum Gasteiger partial charge on any atom is 0.275 e. The predicted molar refractivity (Wildman–Crippen MR) is 92.1 cm³/mol. The van der Waals surface area contributed by atoms with E-state index in [1.54, 1.807) is 5.38 Å². The molecule has 0 fully saturated rings. The monoisotopic (exact) mass is 341 g/mol. The fourth-order valence-electron chi connectivity index (χ4n) is 1.82. The molecule has 1 aromatic carbocycles. The van der Waals surface area contributed by atoms with Gasteiger partial charge in [0.05, 0.1) is 6.10 Å². The Morgan fingerprint density at radius 1 is 1.45 bits per heavy atom. The van der Waals surface area contributed by atoms with Gasteiger partial charge in [-0.1, -0.05) is 0 Å². The van der Waals surface area contributed by atoms with Crippen molar-refractivity contribution in [2.24, 2.45) is 5.73 Å². The standard InChI is InChI=1S/C15H19N3O2S.ClH/c1-9(2)20-13-5-4-11(6-10(13)3)17-15(19)12-8-21-14(7-16)18-12;/h4-6,8-9H,7,16H2,1-3H3,(H,17,19);1H. The molecule has 120 valence electrons. The lowest BCUT2D eigenvalue weighted by Gasteiger charge is -2.13. The zero-order valence-corrected chi connectivity index (χ0v) is 14.4. The number of hydrogen-bond donors (Lipinski definition) is 2. The molecule has 3 N–H and O–H groups in total. The van der Waals surface area contributed by atoms with Crippen molar-refractivity contribution >= 4 is 35.3 Å². The van der Waals surface area contributed by atoms with Gasteiger partial charge < -0.3 is 15.8 Å². The summed E-state index contributed by atoms with van der Waals surface area (Å²) in [5, 5.41) is 5.28. The number of ether oxygens (including phenoxy) is 1. The third-order valence-corrected chi connectivity index (χ3v) is 3.63. The zero-order valence-electron chi connectivity index (χ0n) is 12.8. The largest absolute Gasteiger partial charge is 0.491 e. The normalized spacial score (nSPS) is 10.2. The summed E-state index contributed by atoms with van der Waals surface area (Å²) in [5.74, 6) is 0.588. The van der Waals surface area contributed by atoms with Crippen molar-refractivity contribution in [1.29, 1.82) is 0 Å². The van der Waals surface area contributed by atoms with Crippen molar-refractivity contribution < 1.29 is 9.53 Å². The van der Waals surface area contributed by atoms with Crippen LogP contribution in [0, 0.1) is 6.92 Å². The molecule has 2 aromatic rings. The van der Waals surface area contributed by atoms with Crippen molar-refractivity contribution in [3.05, 3.63) is 39.8 Å². The van der Waals surface area contributed by atoms with Crippen molar-refractivity contribution in [3.8, 4) is 5.75 Å². The Labute approximate surface area is 140 Å². The Morgan fingerprint density at radius 3 is 2.73 bits per heavy atom. The number of carbonyl (C=O) groups excluding carboxylic acids is 1. The second-order valence-electron chi connectivity index (χ2n) is 4.93. The first-order valence-electron chi connectivity index (χ1n) is 6.72. The number of thiazole rings is 1. The Bertz CT molecular complexity index is 643. The summed E-state index contributed by atoms with van der Waals surface area (Å²) in [6, 6.07) is 5.56. The molecular formula is C15H20ClN3O2S. The van der Waals surface area contributed by atoms with Crippen molar-refractivity contribution in [3.63, 3.8) is 0 Å². The highest BCUT2D eigenvalue weighted by Gasteiger charge is 2.11. The van der Waals surface area contributed by atoms with Crippen molar-refractivity contribution in [2.45, 2.75) is 33.4 Å². The molecule has 0 bridgehead atoms. The van der Waals surface area contributed by atoms with Gasteiger partial charge in [-0.15, -0.1) is 23.7 Å². The van der Waals surface area contributed by atoms with Gasteiger partial charge in [-0.2, -0.15) is 0 Å². The molecule has 1 heterocycles. The van der Waals surface area contributed by atoms with E-state index in [0.29, 0.717) is 12.2 Å². The molecule has 1 amide bonds. The van der Waals surface area contributed by atoms with Crippen LogP contribution >= 0.6 is 23.7 Å². The smallest absolute Gasteiger partial charge is 0.275 e. The second-order valence-corrected chi connectivity index (χ2v) is 5.87. The molecule has 1 aromatic heterocycles. The van der Waals surface area contributed by atoms with Crippen LogP contribution in [-0.2, 0) is 6.54 Å². The van der Waals surface area contributed by atoms with Gasteiger partial charge in [-0.25, -0.2) is 4.98 Å². The number of aryl methyl sites for hydroxylation is 1. The SMILES string of the molecule is Cc1cc(NC(=O)c2csc(CN)n2)ccc1OC(C)C.Cl. The van der Waals surface area contributed by atoms with E-state index in [-0.39, 0.29) is 24.4 Å². The number of amides is 1. The van der Waals surface area contributed by atoms with E-state index < -0.39 is 0 Å². The molecule has 0 atom stereocenters. The molecule has 0 spiro atoms. The Morgan fingerprint density at radius 2 is 2.18 bits per heavy atom. The van der Waals surface area contributed by atoms with Crippen LogP contribution in [-0.4, -0.2) is 17.0 Å². The van der Waals surface area contributed by atoms with Gasteiger partial charge >= 0.3 is 0 Å². The highest BCUT2D eigenvalue weighted by atomic mass is 35.5. The first kappa shape index (κ1) is 18.4. The Balaban J connectivity index is 0.00000242. The summed E-state index contributed by atoms with van der Waals surface area (Å²) in [6.07, 6.45) is 0.119. The number of hydrogen-bond acceptors (Lipinski definition) is 5. The van der Waals surface area contributed by atoms with Crippen LogP contribution in [0.25, 0.3) is 0 Å². The van der Waals surface area contributed by atoms with Gasteiger partial charge in [0.15, 0.2) is 0 Å². The molecule has 2 rings (SSSR count). The van der Waals surface area contributed by atoms with Crippen LogP contribution in [0.1, 0.15) is 34.9 Å². The molecule has 0 aliphatic rings. The molecule has 0 saturated heterocycles. The van der Waals surface area contributed by atoms with E-state index >= 15 is 0 Å². The highest BCUT2D eigenvalue weighted by Crippen LogP contribution is 2.23. The summed E-state index contributed by atoms with van der Waals surface area (Å²) >= 11 is 1.38. The zero-order chi connectivity index (χ0) is 15.4. The van der Waals surface area contributed by atoms with Gasteiger partial charge in [-0.3, -0.25) is 4.79 Å². The van der Waals surface area contributed by atoms with Crippen LogP contribution in [0.5, 0.6) is 5.75 Å². The van der Waals surface area contributed by atoms with Crippen LogP contribution in [0.15, 0.2) is 23.6 Å². The van der Waals surface area contributed by atoms with Gasteiger partial charge in [-0.05, 0) is 44.5 Å². The Hall–Kier alpha value is -1.63. The highest BCUT2D eigenvalue weighted by molar-refractivity contribution is 7.09. The van der Waals surface area contributed by atoms with Gasteiger partial charge in [0.25, 0.3) is 5.91 Å². The molecule has 0 unspecified atom stereocenters. The fourth-order valence-corrected chi connectivity index (χ4v) is 2.47. The number of anilines is 1. The maximum atomic E-state index is 12.1. The lowest BCUT2D eigenvalue weighted by molar-refractivity contribution is 0.102. The van der Waals surface area contributed by atoms with Crippen molar-refractivity contribution in [1.82, 2.24) is 4.98 Å². The number of halogens is 1. The number of nitrogens with zero attached hydrogens (tertiary/aromatic N) is 1. The minimum Gasteiger partial charge on any atom is -0.491 e. The average molecular weight is 342 g/mol. The third-order valence-electron chi connectivity index (χ3n) is 2.75. The van der Waals surface area contributed by atoms with Crippen LogP contribution < -0.4 is 15.8 Å². The number of nitrogens with two attached hydrogens (primary N) is 1. The minimum absolute atomic E-state index is 0. The number of rotatable bonds is 5. The number of nitrogens with one attached hydrogen (secondary N) is 1. The van der Waals surface area contributed by atoms with E-state index in [2.05, 4.69) is 10.3 Å². The maximum absolute atomic E-state index is 12.1. The number of benzene rings is 1. The lowest BCUT2D eigenvalue weighted by Crippen LogP contribution is -2.13. The molecule has 22 heavy (non-hydrogen) atoms. The van der Waals surface area contributed by atoms with Gasteiger partial charge in [0.1, 0.15) is 16.5 Å². The molecule has 5 nitrogen and oxygen atoms in total. The van der Waals surface area contributed by atoms with Crippen molar-refractivity contribution in [2.75, 3.05) is 5.32 Å². The third kappa shape index (κ3) is 4.69. The molecule has 0 radical (unpaired) electrons. The minimum atomic E-state index is -0.233. The first-order valence-corrected chi connectivity index (χ1v) is 7.60. The van der Waals surface area contributed by atoms with E-state index in [0.717, 1.165) is 22.0 Å². The summed E-state index contributed by atoms with van der Waals surface area (Å²) < 4.78 is 5.67. The van der Waals surface area contributed by atoms with E-state index in [9.17, 15) is 4.79 Å². The Kier molecular flexibility index (Phi) is 6.80. The molecule has 0 saturated carbocycles. The van der Waals surface area contributed by atoms with E-state index in [4.69, 9.17) is 10.5 Å². The molecule has 0 aliphatic carbocycles. The summed E-state index contributed by atoms with van der Waals surface area (Å²) in [6.45, 7) is 6.25. The van der Waals surface area contributed by atoms with E-state index in [1.165, 1.54) is 11.3 Å².